The Bertz CT molecular complexity index is 398. The Morgan fingerprint density at radius 1 is 1.50 bits per heavy atom. The van der Waals surface area contributed by atoms with Crippen LogP contribution in [0.5, 0.6) is 11.5 Å². The van der Waals surface area contributed by atoms with E-state index in [1.54, 1.807) is 13.0 Å². The van der Waals surface area contributed by atoms with Crippen molar-refractivity contribution in [1.29, 1.82) is 0 Å². The smallest absolute Gasteiger partial charge is 0.310 e. The van der Waals surface area contributed by atoms with Gasteiger partial charge in [-0.1, -0.05) is 6.92 Å². The first-order valence-electron chi connectivity index (χ1n) is 5.13. The number of phenolic OH excluding ortho intramolecular Hbond substituents is 1. The maximum atomic E-state index is 10.9. The Morgan fingerprint density at radius 2 is 2.12 bits per heavy atom. The first-order valence-corrected chi connectivity index (χ1v) is 5.13. The fourth-order valence-corrected chi connectivity index (χ4v) is 1.58. The molecule has 1 atom stereocenters. The molecule has 1 aromatic rings. The van der Waals surface area contributed by atoms with Crippen LogP contribution >= 0.6 is 0 Å². The summed E-state index contributed by atoms with van der Waals surface area (Å²) in [4.78, 5) is 10.9. The molecule has 1 rings (SSSR count). The van der Waals surface area contributed by atoms with Gasteiger partial charge in [-0.05, 0) is 25.0 Å². The van der Waals surface area contributed by atoms with E-state index in [1.165, 1.54) is 13.2 Å². The maximum absolute atomic E-state index is 10.9. The summed E-state index contributed by atoms with van der Waals surface area (Å²) in [5, 5.41) is 18.6. The molecule has 0 aliphatic heterocycles. The number of aryl methyl sites for hydroxylation is 1. The van der Waals surface area contributed by atoms with Crippen LogP contribution in [-0.4, -0.2) is 23.3 Å². The number of aromatic hydroxyl groups is 1. The molecule has 88 valence electrons. The summed E-state index contributed by atoms with van der Waals surface area (Å²) in [6.45, 7) is 3.49. The first-order chi connectivity index (χ1) is 7.51. The molecular formula is C12H16O4. The predicted molar refractivity (Wildman–Crippen MR) is 60.1 cm³/mol. The minimum atomic E-state index is -0.956. The lowest BCUT2D eigenvalue weighted by Gasteiger charge is -2.14. The first kappa shape index (κ1) is 12.4. The Kier molecular flexibility index (Phi) is 3.77. The van der Waals surface area contributed by atoms with Crippen LogP contribution in [0.2, 0.25) is 0 Å². The third-order valence-electron chi connectivity index (χ3n) is 2.65. The van der Waals surface area contributed by atoms with Gasteiger partial charge in [-0.25, -0.2) is 0 Å². The number of aliphatic carboxylic acids is 1. The molecule has 0 fully saturated rings. The molecule has 4 heteroatoms. The summed E-state index contributed by atoms with van der Waals surface area (Å²) in [5.74, 6) is -1.14. The zero-order valence-electron chi connectivity index (χ0n) is 9.65. The van der Waals surface area contributed by atoms with Gasteiger partial charge in [-0.3, -0.25) is 4.79 Å². The molecule has 0 aliphatic rings. The molecule has 16 heavy (non-hydrogen) atoms. The van der Waals surface area contributed by atoms with Gasteiger partial charge in [0.25, 0.3) is 0 Å². The van der Waals surface area contributed by atoms with E-state index in [1.807, 2.05) is 6.92 Å². The number of carboxylic acids is 1. The summed E-state index contributed by atoms with van der Waals surface area (Å²) in [7, 11) is 1.52. The van der Waals surface area contributed by atoms with Crippen molar-refractivity contribution in [1.82, 2.24) is 0 Å². The van der Waals surface area contributed by atoms with Gasteiger partial charge in [0.2, 0.25) is 0 Å². The minimum absolute atomic E-state index is 0.0380. The van der Waals surface area contributed by atoms with Gasteiger partial charge in [-0.15, -0.1) is 0 Å². The standard InChI is InChI=1S/C12H16O4/c1-4-8-5-9(7(2)12(14)15)10(13)6-11(8)16-3/h5-7,13H,4H2,1-3H3,(H,14,15). The topological polar surface area (TPSA) is 66.8 Å². The zero-order valence-corrected chi connectivity index (χ0v) is 9.65. The van der Waals surface area contributed by atoms with E-state index in [2.05, 4.69) is 0 Å². The lowest BCUT2D eigenvalue weighted by atomic mass is 9.96. The van der Waals surface area contributed by atoms with Crippen LogP contribution in [0.3, 0.4) is 0 Å². The number of ether oxygens (including phenoxy) is 1. The molecule has 0 saturated carbocycles. The lowest BCUT2D eigenvalue weighted by Crippen LogP contribution is -2.08. The third kappa shape index (κ3) is 2.27. The van der Waals surface area contributed by atoms with Crippen molar-refractivity contribution in [3.8, 4) is 11.5 Å². The second kappa shape index (κ2) is 4.88. The molecule has 0 radical (unpaired) electrons. The van der Waals surface area contributed by atoms with Gasteiger partial charge in [-0.2, -0.15) is 0 Å². The van der Waals surface area contributed by atoms with Crippen LogP contribution in [0.1, 0.15) is 30.9 Å². The van der Waals surface area contributed by atoms with E-state index in [-0.39, 0.29) is 5.75 Å². The van der Waals surface area contributed by atoms with Gasteiger partial charge in [0.05, 0.1) is 13.0 Å². The number of phenols is 1. The Balaban J connectivity index is 3.26. The highest BCUT2D eigenvalue weighted by molar-refractivity contribution is 5.77. The van der Waals surface area contributed by atoms with Crippen LogP contribution in [0.15, 0.2) is 12.1 Å². The Labute approximate surface area is 94.5 Å². The van der Waals surface area contributed by atoms with E-state index in [4.69, 9.17) is 9.84 Å². The van der Waals surface area contributed by atoms with E-state index >= 15 is 0 Å². The number of rotatable bonds is 4. The van der Waals surface area contributed by atoms with Gasteiger partial charge >= 0.3 is 5.97 Å². The minimum Gasteiger partial charge on any atom is -0.508 e. The van der Waals surface area contributed by atoms with Gasteiger partial charge in [0.15, 0.2) is 0 Å². The highest BCUT2D eigenvalue weighted by Gasteiger charge is 2.19. The quantitative estimate of drug-likeness (QED) is 0.822. The zero-order chi connectivity index (χ0) is 12.3. The van der Waals surface area contributed by atoms with E-state index < -0.39 is 11.9 Å². The number of carboxylic acid groups (broad SMARTS) is 1. The van der Waals surface area contributed by atoms with E-state index in [9.17, 15) is 9.90 Å². The van der Waals surface area contributed by atoms with Gasteiger partial charge in [0.1, 0.15) is 11.5 Å². The van der Waals surface area contributed by atoms with Crippen molar-refractivity contribution in [3.63, 3.8) is 0 Å². The van der Waals surface area contributed by atoms with Crippen molar-refractivity contribution >= 4 is 5.97 Å². The number of methoxy groups -OCH3 is 1. The molecule has 0 heterocycles. The summed E-state index contributed by atoms with van der Waals surface area (Å²) in [6, 6.07) is 3.15. The summed E-state index contributed by atoms with van der Waals surface area (Å²) >= 11 is 0. The second-order valence-corrected chi connectivity index (χ2v) is 3.64. The van der Waals surface area contributed by atoms with Crippen molar-refractivity contribution in [2.45, 2.75) is 26.2 Å². The highest BCUT2D eigenvalue weighted by Crippen LogP contribution is 2.33. The van der Waals surface area contributed by atoms with Crippen molar-refractivity contribution in [3.05, 3.63) is 23.3 Å². The largest absolute Gasteiger partial charge is 0.508 e. The van der Waals surface area contributed by atoms with Gasteiger partial charge < -0.3 is 14.9 Å². The monoisotopic (exact) mass is 224 g/mol. The van der Waals surface area contributed by atoms with Crippen LogP contribution in [0, 0.1) is 0 Å². The van der Waals surface area contributed by atoms with E-state index in [0.717, 1.165) is 12.0 Å². The Morgan fingerprint density at radius 3 is 2.56 bits per heavy atom. The van der Waals surface area contributed by atoms with Crippen LogP contribution in [0.25, 0.3) is 0 Å². The fraction of sp³-hybridized carbons (Fsp3) is 0.417. The molecule has 0 aromatic heterocycles. The molecule has 0 amide bonds. The van der Waals surface area contributed by atoms with E-state index in [0.29, 0.717) is 11.3 Å². The molecule has 1 aromatic carbocycles. The SMILES string of the molecule is CCc1cc(C(C)C(=O)O)c(O)cc1OC. The average Bonchev–Trinajstić information content (AvgIpc) is 2.27. The normalized spacial score (nSPS) is 12.2. The van der Waals surface area contributed by atoms with Crippen molar-refractivity contribution in [2.75, 3.05) is 7.11 Å². The summed E-state index contributed by atoms with van der Waals surface area (Å²) < 4.78 is 5.10. The molecule has 0 bridgehead atoms. The molecule has 1 unspecified atom stereocenters. The number of hydrogen-bond donors (Lipinski definition) is 2. The molecule has 0 spiro atoms. The van der Waals surface area contributed by atoms with Crippen molar-refractivity contribution in [2.24, 2.45) is 0 Å². The van der Waals surface area contributed by atoms with Crippen molar-refractivity contribution < 1.29 is 19.7 Å². The summed E-state index contributed by atoms with van der Waals surface area (Å²) in [6.07, 6.45) is 0.725. The van der Waals surface area contributed by atoms with Crippen LogP contribution < -0.4 is 4.74 Å². The number of benzene rings is 1. The fourth-order valence-electron chi connectivity index (χ4n) is 1.58. The molecule has 2 N–H and O–H groups in total. The highest BCUT2D eigenvalue weighted by atomic mass is 16.5. The Hall–Kier alpha value is -1.71. The van der Waals surface area contributed by atoms with Crippen LogP contribution in [-0.2, 0) is 11.2 Å². The lowest BCUT2D eigenvalue weighted by molar-refractivity contribution is -0.138. The average molecular weight is 224 g/mol. The third-order valence-corrected chi connectivity index (χ3v) is 2.65. The predicted octanol–water partition coefficient (Wildman–Crippen LogP) is 2.15. The maximum Gasteiger partial charge on any atom is 0.310 e. The van der Waals surface area contributed by atoms with Crippen LogP contribution in [0.4, 0.5) is 0 Å². The number of hydrogen-bond acceptors (Lipinski definition) is 3. The molecular weight excluding hydrogens is 208 g/mol. The second-order valence-electron chi connectivity index (χ2n) is 3.64. The molecule has 0 saturated heterocycles. The number of carbonyl (C=O) groups is 1. The molecule has 4 nitrogen and oxygen atoms in total. The molecule has 0 aliphatic carbocycles. The summed E-state index contributed by atoms with van der Waals surface area (Å²) in [5.41, 5.74) is 1.31. The van der Waals surface area contributed by atoms with Gasteiger partial charge in [0, 0.05) is 11.6 Å².